The third-order valence-electron chi connectivity index (χ3n) is 4.30. The van der Waals surface area contributed by atoms with Gasteiger partial charge in [0.1, 0.15) is 12.4 Å². The Hall–Kier alpha value is -2.38. The van der Waals surface area contributed by atoms with Gasteiger partial charge in [0.25, 0.3) is 0 Å². The Morgan fingerprint density at radius 2 is 2.00 bits per heavy atom. The molecule has 0 fully saturated rings. The van der Waals surface area contributed by atoms with E-state index in [0.29, 0.717) is 18.6 Å². The number of primary sulfonamides is 1. The molecule has 2 atom stereocenters. The summed E-state index contributed by atoms with van der Waals surface area (Å²) in [5, 5.41) is 8.08. The number of carbonyl (C=O) groups is 1. The first kappa shape index (κ1) is 17.4. The molecule has 1 aliphatic rings. The van der Waals surface area contributed by atoms with Gasteiger partial charge in [0.2, 0.25) is 15.9 Å². The molecule has 0 spiro atoms. The van der Waals surface area contributed by atoms with Crippen molar-refractivity contribution in [3.8, 4) is 5.75 Å². The maximum Gasteiger partial charge on any atom is 0.238 e. The van der Waals surface area contributed by atoms with E-state index in [0.717, 1.165) is 11.3 Å². The number of hydrogen-bond acceptors (Lipinski definition) is 4. The Morgan fingerprint density at radius 1 is 1.24 bits per heavy atom. The van der Waals surface area contributed by atoms with E-state index in [1.165, 1.54) is 12.1 Å². The molecule has 2 aromatic carbocycles. The molecule has 2 aromatic rings. The highest BCUT2D eigenvalue weighted by Gasteiger charge is 2.27. The summed E-state index contributed by atoms with van der Waals surface area (Å²) in [6.07, 6.45) is 0.617. The number of benzene rings is 2. The average molecular weight is 360 g/mol. The zero-order valence-electron chi connectivity index (χ0n) is 13.8. The number of carbonyl (C=O) groups excluding carboxylic acids is 1. The third-order valence-corrected chi connectivity index (χ3v) is 5.21. The molecule has 0 saturated carbocycles. The molecule has 0 aliphatic carbocycles. The fourth-order valence-electron chi connectivity index (χ4n) is 2.87. The summed E-state index contributed by atoms with van der Waals surface area (Å²) in [6.45, 7) is 2.13. The van der Waals surface area contributed by atoms with Crippen LogP contribution in [0.15, 0.2) is 53.4 Å². The maximum absolute atomic E-state index is 12.5. The quantitative estimate of drug-likeness (QED) is 0.868. The highest BCUT2D eigenvalue weighted by Crippen LogP contribution is 2.27. The summed E-state index contributed by atoms with van der Waals surface area (Å²) >= 11 is 0. The van der Waals surface area contributed by atoms with Crippen molar-refractivity contribution in [2.45, 2.75) is 24.3 Å². The highest BCUT2D eigenvalue weighted by molar-refractivity contribution is 7.89. The van der Waals surface area contributed by atoms with Gasteiger partial charge in [-0.1, -0.05) is 30.3 Å². The van der Waals surface area contributed by atoms with Crippen molar-refractivity contribution in [3.05, 3.63) is 59.7 Å². The number of nitrogens with one attached hydrogen (secondary N) is 1. The molecule has 7 heteroatoms. The number of sulfonamides is 1. The molecule has 1 aliphatic heterocycles. The van der Waals surface area contributed by atoms with E-state index in [9.17, 15) is 13.2 Å². The number of amides is 1. The van der Waals surface area contributed by atoms with Gasteiger partial charge in [-0.05, 0) is 42.7 Å². The van der Waals surface area contributed by atoms with E-state index in [2.05, 4.69) is 5.32 Å². The molecule has 0 bridgehead atoms. The van der Waals surface area contributed by atoms with Crippen LogP contribution in [0.5, 0.6) is 5.75 Å². The van der Waals surface area contributed by atoms with Crippen molar-refractivity contribution in [3.63, 3.8) is 0 Å². The largest absolute Gasteiger partial charge is 0.492 e. The normalized spacial score (nSPS) is 17.9. The van der Waals surface area contributed by atoms with Gasteiger partial charge in [-0.25, -0.2) is 13.6 Å². The summed E-state index contributed by atoms with van der Waals surface area (Å²) in [4.78, 5) is 12.6. The van der Waals surface area contributed by atoms with Crippen LogP contribution in [0.25, 0.3) is 0 Å². The van der Waals surface area contributed by atoms with E-state index in [1.54, 1.807) is 19.1 Å². The maximum atomic E-state index is 12.5. The van der Waals surface area contributed by atoms with Crippen molar-refractivity contribution in [1.82, 2.24) is 5.32 Å². The molecule has 0 radical (unpaired) electrons. The Morgan fingerprint density at radius 3 is 2.76 bits per heavy atom. The van der Waals surface area contributed by atoms with Gasteiger partial charge in [-0.3, -0.25) is 4.79 Å². The van der Waals surface area contributed by atoms with Crippen molar-refractivity contribution in [2.75, 3.05) is 6.61 Å². The lowest BCUT2D eigenvalue weighted by Crippen LogP contribution is -2.38. The predicted octanol–water partition coefficient (Wildman–Crippen LogP) is 1.76. The molecule has 0 saturated heterocycles. The summed E-state index contributed by atoms with van der Waals surface area (Å²) < 4.78 is 28.6. The number of para-hydroxylation sites is 1. The number of rotatable bonds is 4. The molecular formula is C18H20N2O4S. The van der Waals surface area contributed by atoms with Crippen molar-refractivity contribution >= 4 is 15.9 Å². The minimum absolute atomic E-state index is 0.0287. The van der Waals surface area contributed by atoms with E-state index >= 15 is 0 Å². The first-order valence-corrected chi connectivity index (χ1v) is 9.53. The van der Waals surface area contributed by atoms with Gasteiger partial charge >= 0.3 is 0 Å². The van der Waals surface area contributed by atoms with Crippen LogP contribution in [0.1, 0.15) is 24.1 Å². The van der Waals surface area contributed by atoms with Crippen LogP contribution in [-0.4, -0.2) is 20.9 Å². The van der Waals surface area contributed by atoms with Crippen LogP contribution in [0.3, 0.4) is 0 Å². The monoisotopic (exact) mass is 360 g/mol. The van der Waals surface area contributed by atoms with Crippen LogP contribution in [0, 0.1) is 5.92 Å². The molecule has 3 N–H and O–H groups in total. The second-order valence-electron chi connectivity index (χ2n) is 6.17. The van der Waals surface area contributed by atoms with Gasteiger partial charge in [0, 0.05) is 0 Å². The summed E-state index contributed by atoms with van der Waals surface area (Å²) in [6, 6.07) is 13.6. The van der Waals surface area contributed by atoms with Crippen molar-refractivity contribution in [2.24, 2.45) is 11.1 Å². The fraction of sp³-hybridized carbons (Fsp3) is 0.278. The smallest absolute Gasteiger partial charge is 0.238 e. The van der Waals surface area contributed by atoms with Crippen molar-refractivity contribution < 1.29 is 17.9 Å². The van der Waals surface area contributed by atoms with Crippen LogP contribution in [0.4, 0.5) is 0 Å². The lowest BCUT2D eigenvalue weighted by molar-refractivity contribution is -0.126. The average Bonchev–Trinajstić information content (AvgIpc) is 2.60. The number of ether oxygens (including phenoxy) is 1. The van der Waals surface area contributed by atoms with Gasteiger partial charge < -0.3 is 10.1 Å². The third kappa shape index (κ3) is 4.00. The highest BCUT2D eigenvalue weighted by atomic mass is 32.2. The van der Waals surface area contributed by atoms with Crippen LogP contribution >= 0.6 is 0 Å². The standard InChI is InChI=1S/C18H20N2O4S/c1-12(13-6-4-7-16(10-13)25(19,22)23)20-18(21)15-9-14-5-2-3-8-17(14)24-11-15/h2-8,10,12,15H,9,11H2,1H3,(H,20,21)(H2,19,22,23). The Bertz CT molecular complexity index is 895. The topological polar surface area (TPSA) is 98.5 Å². The molecule has 1 heterocycles. The zero-order valence-corrected chi connectivity index (χ0v) is 14.6. The molecule has 6 nitrogen and oxygen atoms in total. The summed E-state index contributed by atoms with van der Waals surface area (Å²) in [5.41, 5.74) is 1.69. The summed E-state index contributed by atoms with van der Waals surface area (Å²) in [7, 11) is -3.77. The van der Waals surface area contributed by atoms with E-state index in [-0.39, 0.29) is 22.8 Å². The molecule has 3 rings (SSSR count). The Labute approximate surface area is 147 Å². The van der Waals surface area contributed by atoms with Crippen LogP contribution in [-0.2, 0) is 21.2 Å². The molecular weight excluding hydrogens is 340 g/mol. The van der Waals surface area contributed by atoms with Gasteiger partial charge in [0.15, 0.2) is 0 Å². The molecule has 0 aromatic heterocycles. The predicted molar refractivity (Wildman–Crippen MR) is 93.5 cm³/mol. The lowest BCUT2D eigenvalue weighted by atomic mass is 9.95. The van der Waals surface area contributed by atoms with Crippen molar-refractivity contribution in [1.29, 1.82) is 0 Å². The minimum Gasteiger partial charge on any atom is -0.492 e. The van der Waals surface area contributed by atoms with Gasteiger partial charge in [0.05, 0.1) is 16.9 Å². The van der Waals surface area contributed by atoms with Gasteiger partial charge in [-0.15, -0.1) is 0 Å². The molecule has 25 heavy (non-hydrogen) atoms. The fourth-order valence-corrected chi connectivity index (χ4v) is 3.44. The minimum atomic E-state index is -3.77. The number of nitrogens with two attached hydrogens (primary N) is 1. The Balaban J connectivity index is 1.69. The van der Waals surface area contributed by atoms with E-state index in [1.807, 2.05) is 24.3 Å². The number of fused-ring (bicyclic) bond motifs is 1. The second-order valence-corrected chi connectivity index (χ2v) is 7.73. The van der Waals surface area contributed by atoms with Gasteiger partial charge in [-0.2, -0.15) is 0 Å². The van der Waals surface area contributed by atoms with Crippen LogP contribution in [0.2, 0.25) is 0 Å². The van der Waals surface area contributed by atoms with E-state index in [4.69, 9.17) is 9.88 Å². The SMILES string of the molecule is CC(NC(=O)C1COc2ccccc2C1)c1cccc(S(N)(=O)=O)c1. The zero-order chi connectivity index (χ0) is 18.0. The molecule has 1 amide bonds. The molecule has 132 valence electrons. The first-order chi connectivity index (χ1) is 11.8. The summed E-state index contributed by atoms with van der Waals surface area (Å²) in [5.74, 6) is 0.419. The number of hydrogen-bond donors (Lipinski definition) is 2. The lowest BCUT2D eigenvalue weighted by Gasteiger charge is -2.26. The second kappa shape index (κ2) is 6.85. The molecule has 2 unspecified atom stereocenters. The van der Waals surface area contributed by atoms with E-state index < -0.39 is 10.0 Å². The Kier molecular flexibility index (Phi) is 4.78. The van der Waals surface area contributed by atoms with Crippen LogP contribution < -0.4 is 15.2 Å². The first-order valence-electron chi connectivity index (χ1n) is 7.98.